The Morgan fingerprint density at radius 3 is 1.31 bits per heavy atom. The van der Waals surface area contributed by atoms with Crippen LogP contribution in [0.4, 0.5) is 9.59 Å². The molecule has 2 rings (SSSR count). The van der Waals surface area contributed by atoms with E-state index in [9.17, 15) is 9.59 Å². The normalized spacial score (nSPS) is 10.6. The first-order chi connectivity index (χ1) is 15.7. The van der Waals surface area contributed by atoms with Crippen molar-refractivity contribution in [2.45, 2.75) is 64.5 Å². The van der Waals surface area contributed by atoms with Crippen molar-refractivity contribution in [2.24, 2.45) is 0 Å². The quantitative estimate of drug-likeness (QED) is 0.279. The number of hydrogen-bond donors (Lipinski definition) is 4. The number of urea groups is 2. The summed E-state index contributed by atoms with van der Waals surface area (Å²) in [6, 6.07) is -0.191. The number of unbranched alkanes of at least 4 members (excludes halogenated alkanes) is 5. The van der Waals surface area contributed by atoms with E-state index in [0.717, 1.165) is 64.5 Å². The Balaban J connectivity index is 1.27. The summed E-state index contributed by atoms with van der Waals surface area (Å²) in [5.41, 5.74) is 0. The number of amides is 4. The molecule has 178 valence electrons. The summed E-state index contributed by atoms with van der Waals surface area (Å²) in [6.07, 6.45) is 19.1. The van der Waals surface area contributed by atoms with Gasteiger partial charge in [0.05, 0.1) is 12.7 Å². The molecule has 0 spiro atoms. The van der Waals surface area contributed by atoms with Crippen LogP contribution < -0.4 is 21.3 Å². The van der Waals surface area contributed by atoms with Gasteiger partial charge in [0, 0.05) is 64.1 Å². The van der Waals surface area contributed by atoms with Gasteiger partial charge in [-0.25, -0.2) is 19.6 Å². The van der Waals surface area contributed by atoms with Gasteiger partial charge in [-0.15, -0.1) is 0 Å². The van der Waals surface area contributed by atoms with E-state index in [4.69, 9.17) is 0 Å². The van der Waals surface area contributed by atoms with Crippen LogP contribution in [-0.2, 0) is 13.1 Å². The van der Waals surface area contributed by atoms with Gasteiger partial charge in [0.1, 0.15) is 0 Å². The van der Waals surface area contributed by atoms with E-state index in [1.54, 1.807) is 25.0 Å². The van der Waals surface area contributed by atoms with E-state index in [-0.39, 0.29) is 12.1 Å². The minimum Gasteiger partial charge on any atom is -0.338 e. The number of aromatic nitrogens is 4. The first kappa shape index (κ1) is 25.2. The minimum absolute atomic E-state index is 0.0956. The van der Waals surface area contributed by atoms with Crippen molar-refractivity contribution < 1.29 is 9.59 Å². The molecule has 0 aliphatic rings. The third-order valence-corrected chi connectivity index (χ3v) is 5.05. The van der Waals surface area contributed by atoms with Gasteiger partial charge in [-0.3, -0.25) is 0 Å². The molecular formula is C22H38N8O2. The average molecular weight is 447 g/mol. The van der Waals surface area contributed by atoms with Crippen molar-refractivity contribution in [2.75, 3.05) is 26.2 Å². The molecule has 10 nitrogen and oxygen atoms in total. The van der Waals surface area contributed by atoms with Crippen LogP contribution in [0.15, 0.2) is 37.4 Å². The van der Waals surface area contributed by atoms with Crippen LogP contribution in [0.5, 0.6) is 0 Å². The molecule has 2 aromatic heterocycles. The van der Waals surface area contributed by atoms with Gasteiger partial charge in [-0.1, -0.05) is 25.7 Å². The number of rotatable bonds is 17. The van der Waals surface area contributed by atoms with Crippen molar-refractivity contribution in [1.82, 2.24) is 40.4 Å². The highest BCUT2D eigenvalue weighted by molar-refractivity contribution is 5.74. The monoisotopic (exact) mass is 446 g/mol. The highest BCUT2D eigenvalue weighted by Crippen LogP contribution is 2.04. The highest BCUT2D eigenvalue weighted by Gasteiger charge is 2.00. The minimum atomic E-state index is -0.0956. The molecule has 2 heterocycles. The van der Waals surface area contributed by atoms with Gasteiger partial charge in [0.25, 0.3) is 0 Å². The molecule has 0 saturated heterocycles. The number of carbonyl (C=O) groups is 2. The molecule has 4 N–H and O–H groups in total. The molecule has 0 fully saturated rings. The summed E-state index contributed by atoms with van der Waals surface area (Å²) in [4.78, 5) is 31.4. The number of aryl methyl sites for hydroxylation is 2. The van der Waals surface area contributed by atoms with Crippen LogP contribution in [0, 0.1) is 0 Å². The van der Waals surface area contributed by atoms with Gasteiger partial charge < -0.3 is 30.4 Å². The average Bonchev–Trinajstić information content (AvgIpc) is 3.50. The predicted molar refractivity (Wildman–Crippen MR) is 124 cm³/mol. The zero-order valence-electron chi connectivity index (χ0n) is 19.0. The lowest BCUT2D eigenvalue weighted by atomic mass is 10.1. The van der Waals surface area contributed by atoms with E-state index in [1.165, 1.54) is 0 Å². The number of imidazole rings is 2. The van der Waals surface area contributed by atoms with Gasteiger partial charge >= 0.3 is 12.1 Å². The van der Waals surface area contributed by atoms with Gasteiger partial charge in [0.2, 0.25) is 0 Å². The zero-order valence-corrected chi connectivity index (χ0v) is 19.0. The lowest BCUT2D eigenvalue weighted by molar-refractivity contribution is 0.239. The van der Waals surface area contributed by atoms with Crippen molar-refractivity contribution >= 4 is 12.1 Å². The molecule has 0 unspecified atom stereocenters. The van der Waals surface area contributed by atoms with E-state index in [2.05, 4.69) is 31.2 Å². The summed E-state index contributed by atoms with van der Waals surface area (Å²) < 4.78 is 3.99. The summed E-state index contributed by atoms with van der Waals surface area (Å²) in [7, 11) is 0. The van der Waals surface area contributed by atoms with E-state index >= 15 is 0 Å². The number of nitrogens with zero attached hydrogens (tertiary/aromatic N) is 4. The molecule has 0 aromatic carbocycles. The van der Waals surface area contributed by atoms with Crippen LogP contribution in [0.3, 0.4) is 0 Å². The first-order valence-electron chi connectivity index (χ1n) is 11.7. The molecule has 0 radical (unpaired) electrons. The van der Waals surface area contributed by atoms with Gasteiger partial charge in [-0.05, 0) is 25.7 Å². The highest BCUT2D eigenvalue weighted by atomic mass is 16.2. The van der Waals surface area contributed by atoms with Crippen LogP contribution >= 0.6 is 0 Å². The number of hydrogen-bond acceptors (Lipinski definition) is 4. The topological polar surface area (TPSA) is 118 Å². The maximum absolute atomic E-state index is 11.7. The van der Waals surface area contributed by atoms with Gasteiger partial charge in [0.15, 0.2) is 0 Å². The zero-order chi connectivity index (χ0) is 22.7. The largest absolute Gasteiger partial charge is 0.338 e. The lowest BCUT2D eigenvalue weighted by Crippen LogP contribution is -2.36. The maximum Gasteiger partial charge on any atom is 0.314 e. The molecule has 0 aliphatic carbocycles. The SMILES string of the molecule is O=C(NCCCCCCCCNC(=O)NCCCn1ccnc1)NCCCn1ccnc1. The second-order valence-corrected chi connectivity index (χ2v) is 7.79. The second kappa shape index (κ2) is 16.6. The smallest absolute Gasteiger partial charge is 0.314 e. The molecule has 0 aliphatic heterocycles. The standard InChI is InChI=1S/C22H38N8O2/c31-21(27-11-7-15-29-17-13-23-19-29)25-9-5-3-1-2-4-6-10-26-22(32)28-12-8-16-30-18-14-24-20-30/h13-14,17-20H,1-12,15-16H2,(H2,25,27,31)(H2,26,28,32). The number of carbonyl (C=O) groups excluding carboxylic acids is 2. The fraction of sp³-hybridized carbons (Fsp3) is 0.636. The third kappa shape index (κ3) is 12.6. The van der Waals surface area contributed by atoms with Gasteiger partial charge in [-0.2, -0.15) is 0 Å². The lowest BCUT2D eigenvalue weighted by Gasteiger charge is -2.08. The second-order valence-electron chi connectivity index (χ2n) is 7.79. The van der Waals surface area contributed by atoms with Crippen molar-refractivity contribution in [3.8, 4) is 0 Å². The Labute approximate surface area is 190 Å². The van der Waals surface area contributed by atoms with E-state index in [0.29, 0.717) is 26.2 Å². The van der Waals surface area contributed by atoms with Crippen LogP contribution in [0.2, 0.25) is 0 Å². The molecule has 10 heteroatoms. The van der Waals surface area contributed by atoms with Crippen molar-refractivity contribution in [3.05, 3.63) is 37.4 Å². The van der Waals surface area contributed by atoms with E-state index in [1.807, 2.05) is 21.5 Å². The molecule has 4 amide bonds. The summed E-state index contributed by atoms with van der Waals surface area (Å²) >= 11 is 0. The van der Waals surface area contributed by atoms with Crippen molar-refractivity contribution in [3.63, 3.8) is 0 Å². The van der Waals surface area contributed by atoms with Crippen LogP contribution in [0.1, 0.15) is 51.4 Å². The fourth-order valence-electron chi connectivity index (χ4n) is 3.25. The van der Waals surface area contributed by atoms with Crippen molar-refractivity contribution in [1.29, 1.82) is 0 Å². The maximum atomic E-state index is 11.7. The molecular weight excluding hydrogens is 408 g/mol. The summed E-state index contributed by atoms with van der Waals surface area (Å²) in [5, 5.41) is 11.6. The van der Waals surface area contributed by atoms with E-state index < -0.39 is 0 Å². The van der Waals surface area contributed by atoms with Crippen LogP contribution in [-0.4, -0.2) is 57.3 Å². The fourth-order valence-corrected chi connectivity index (χ4v) is 3.25. The number of nitrogens with one attached hydrogen (secondary N) is 4. The first-order valence-corrected chi connectivity index (χ1v) is 11.7. The molecule has 0 saturated carbocycles. The summed E-state index contributed by atoms with van der Waals surface area (Å²) in [5.74, 6) is 0. The Kier molecular flexibility index (Phi) is 13.1. The Bertz CT molecular complexity index is 656. The molecule has 0 atom stereocenters. The Morgan fingerprint density at radius 1 is 0.562 bits per heavy atom. The Hall–Kier alpha value is -3.04. The molecule has 0 bridgehead atoms. The molecule has 32 heavy (non-hydrogen) atoms. The summed E-state index contributed by atoms with van der Waals surface area (Å²) in [6.45, 7) is 4.43. The Morgan fingerprint density at radius 2 is 0.938 bits per heavy atom. The van der Waals surface area contributed by atoms with Crippen LogP contribution in [0.25, 0.3) is 0 Å². The molecule has 2 aromatic rings. The predicted octanol–water partition coefficient (Wildman–Crippen LogP) is 2.50. The third-order valence-electron chi connectivity index (χ3n) is 5.05.